The normalized spacial score (nSPS) is 12.0. The lowest BCUT2D eigenvalue weighted by Crippen LogP contribution is -2.11. The van der Waals surface area contributed by atoms with Crippen LogP contribution < -0.4 is 5.14 Å². The van der Waals surface area contributed by atoms with Gasteiger partial charge in [-0.3, -0.25) is 4.57 Å². The minimum atomic E-state index is -3.84. The van der Waals surface area contributed by atoms with Gasteiger partial charge in [0, 0.05) is 23.3 Å². The third kappa shape index (κ3) is 2.39. The van der Waals surface area contributed by atoms with Gasteiger partial charge in [0.05, 0.1) is 5.52 Å². The molecule has 21 heavy (non-hydrogen) atoms. The van der Waals surface area contributed by atoms with Crippen molar-refractivity contribution in [2.75, 3.05) is 0 Å². The SMILES string of the molecule is Cc1cnc(Cl)nc1-n1cc(S(N)(=O)=O)c2ccccc21. The Hall–Kier alpha value is -1.96. The molecule has 0 spiro atoms. The third-order valence-corrected chi connectivity index (χ3v) is 4.25. The number of sulfonamides is 1. The number of fused-ring (bicyclic) bond motifs is 1. The van der Waals surface area contributed by atoms with Crippen LogP contribution in [-0.4, -0.2) is 23.0 Å². The van der Waals surface area contributed by atoms with E-state index in [1.807, 2.05) is 13.0 Å². The highest BCUT2D eigenvalue weighted by Gasteiger charge is 2.19. The Bertz CT molecular complexity index is 950. The first-order chi connectivity index (χ1) is 9.88. The van der Waals surface area contributed by atoms with Crippen LogP contribution in [0.15, 0.2) is 41.6 Å². The zero-order valence-electron chi connectivity index (χ0n) is 11.0. The molecule has 0 fully saturated rings. The smallest absolute Gasteiger partial charge is 0.240 e. The Morgan fingerprint density at radius 1 is 1.29 bits per heavy atom. The molecule has 0 saturated heterocycles. The van der Waals surface area contributed by atoms with Crippen LogP contribution in [0.1, 0.15) is 5.56 Å². The molecule has 1 aromatic carbocycles. The topological polar surface area (TPSA) is 90.9 Å². The molecule has 0 saturated carbocycles. The second-order valence-electron chi connectivity index (χ2n) is 4.57. The van der Waals surface area contributed by atoms with Gasteiger partial charge in [-0.05, 0) is 24.6 Å². The number of hydrogen-bond donors (Lipinski definition) is 1. The molecule has 2 N–H and O–H groups in total. The van der Waals surface area contributed by atoms with E-state index in [2.05, 4.69) is 9.97 Å². The number of para-hydroxylation sites is 1. The second kappa shape index (κ2) is 4.80. The van der Waals surface area contributed by atoms with E-state index in [9.17, 15) is 8.42 Å². The van der Waals surface area contributed by atoms with Crippen molar-refractivity contribution in [2.45, 2.75) is 11.8 Å². The second-order valence-corrected chi connectivity index (χ2v) is 6.44. The van der Waals surface area contributed by atoms with Crippen molar-refractivity contribution >= 4 is 32.5 Å². The van der Waals surface area contributed by atoms with Gasteiger partial charge in [-0.1, -0.05) is 18.2 Å². The highest BCUT2D eigenvalue weighted by Crippen LogP contribution is 2.28. The number of nitrogens with zero attached hydrogens (tertiary/aromatic N) is 3. The summed E-state index contributed by atoms with van der Waals surface area (Å²) in [5.74, 6) is 0.515. The van der Waals surface area contributed by atoms with Crippen molar-refractivity contribution in [1.82, 2.24) is 14.5 Å². The fourth-order valence-corrected chi connectivity index (χ4v) is 3.07. The van der Waals surface area contributed by atoms with E-state index in [0.29, 0.717) is 16.7 Å². The van der Waals surface area contributed by atoms with Gasteiger partial charge >= 0.3 is 0 Å². The van der Waals surface area contributed by atoms with Gasteiger partial charge < -0.3 is 0 Å². The van der Waals surface area contributed by atoms with Gasteiger partial charge in [0.2, 0.25) is 15.3 Å². The Morgan fingerprint density at radius 2 is 2.00 bits per heavy atom. The summed E-state index contributed by atoms with van der Waals surface area (Å²) in [5.41, 5.74) is 1.44. The predicted octanol–water partition coefficient (Wildman–Crippen LogP) is 2.03. The molecule has 0 aliphatic rings. The average Bonchev–Trinajstić information content (AvgIpc) is 2.81. The number of halogens is 1. The van der Waals surface area contributed by atoms with Gasteiger partial charge in [0.1, 0.15) is 10.7 Å². The monoisotopic (exact) mass is 322 g/mol. The van der Waals surface area contributed by atoms with E-state index in [0.717, 1.165) is 5.56 Å². The molecule has 2 aromatic heterocycles. The van der Waals surface area contributed by atoms with E-state index in [1.165, 1.54) is 6.20 Å². The molecule has 0 atom stereocenters. The summed E-state index contributed by atoms with van der Waals surface area (Å²) >= 11 is 5.84. The van der Waals surface area contributed by atoms with E-state index in [-0.39, 0.29) is 10.2 Å². The van der Waals surface area contributed by atoms with Crippen molar-refractivity contribution in [1.29, 1.82) is 0 Å². The highest BCUT2D eigenvalue weighted by molar-refractivity contribution is 7.89. The molecule has 3 aromatic rings. The lowest BCUT2D eigenvalue weighted by atomic mass is 10.2. The number of primary sulfonamides is 1. The van der Waals surface area contributed by atoms with Crippen molar-refractivity contribution in [3.63, 3.8) is 0 Å². The number of aromatic nitrogens is 3. The lowest BCUT2D eigenvalue weighted by Gasteiger charge is -2.07. The molecular weight excluding hydrogens is 312 g/mol. The fourth-order valence-electron chi connectivity index (χ4n) is 2.21. The van der Waals surface area contributed by atoms with Crippen molar-refractivity contribution in [3.8, 4) is 5.82 Å². The Balaban J connectivity index is 2.42. The van der Waals surface area contributed by atoms with Gasteiger partial charge in [0.25, 0.3) is 0 Å². The van der Waals surface area contributed by atoms with Gasteiger partial charge in [-0.15, -0.1) is 0 Å². The van der Waals surface area contributed by atoms with E-state index in [4.69, 9.17) is 16.7 Å². The predicted molar refractivity (Wildman–Crippen MR) is 80.0 cm³/mol. The zero-order valence-corrected chi connectivity index (χ0v) is 12.6. The molecule has 2 heterocycles. The number of hydrogen-bond acceptors (Lipinski definition) is 4. The molecule has 6 nitrogen and oxygen atoms in total. The van der Waals surface area contributed by atoms with Crippen LogP contribution >= 0.6 is 11.6 Å². The molecule has 0 bridgehead atoms. The van der Waals surface area contributed by atoms with E-state index in [1.54, 1.807) is 29.0 Å². The number of rotatable bonds is 2. The molecule has 8 heteroatoms. The number of nitrogens with two attached hydrogens (primary N) is 1. The molecule has 3 rings (SSSR count). The first-order valence-corrected chi connectivity index (χ1v) is 7.93. The Kier molecular flexibility index (Phi) is 3.20. The summed E-state index contributed by atoms with van der Waals surface area (Å²) in [5, 5.41) is 5.91. The number of aryl methyl sites for hydroxylation is 1. The van der Waals surface area contributed by atoms with Crippen LogP contribution in [0.4, 0.5) is 0 Å². The lowest BCUT2D eigenvalue weighted by molar-refractivity contribution is 0.598. The maximum Gasteiger partial charge on any atom is 0.240 e. The van der Waals surface area contributed by atoms with Gasteiger partial charge in [-0.2, -0.15) is 4.98 Å². The Morgan fingerprint density at radius 3 is 2.71 bits per heavy atom. The highest BCUT2D eigenvalue weighted by atomic mass is 35.5. The van der Waals surface area contributed by atoms with Crippen LogP contribution in [0.2, 0.25) is 5.28 Å². The molecule has 0 aliphatic heterocycles. The van der Waals surface area contributed by atoms with Crippen LogP contribution in [0.3, 0.4) is 0 Å². The summed E-state index contributed by atoms with van der Waals surface area (Å²) in [6.45, 7) is 1.82. The quantitative estimate of drug-likeness (QED) is 0.731. The third-order valence-electron chi connectivity index (χ3n) is 3.13. The van der Waals surface area contributed by atoms with Crippen LogP contribution in [0.5, 0.6) is 0 Å². The van der Waals surface area contributed by atoms with Crippen LogP contribution in [0.25, 0.3) is 16.7 Å². The first kappa shape index (κ1) is 14.0. The minimum Gasteiger partial charge on any atom is -0.299 e. The van der Waals surface area contributed by atoms with Crippen molar-refractivity contribution in [2.24, 2.45) is 5.14 Å². The standard InChI is InChI=1S/C13H11ClN4O2S/c1-8-6-16-13(14)17-12(8)18-7-11(21(15,19)20)9-4-2-3-5-10(9)18/h2-7H,1H3,(H2,15,19,20). The van der Waals surface area contributed by atoms with Crippen molar-refractivity contribution < 1.29 is 8.42 Å². The molecular formula is C13H11ClN4O2S. The van der Waals surface area contributed by atoms with Gasteiger partial charge in [-0.25, -0.2) is 18.5 Å². The summed E-state index contributed by atoms with van der Waals surface area (Å²) in [7, 11) is -3.84. The van der Waals surface area contributed by atoms with Gasteiger partial charge in [0.15, 0.2) is 0 Å². The molecule has 108 valence electrons. The molecule has 0 amide bonds. The van der Waals surface area contributed by atoms with Crippen LogP contribution in [-0.2, 0) is 10.0 Å². The molecule has 0 unspecified atom stereocenters. The average molecular weight is 323 g/mol. The maximum absolute atomic E-state index is 11.7. The summed E-state index contributed by atoms with van der Waals surface area (Å²) < 4.78 is 25.1. The summed E-state index contributed by atoms with van der Waals surface area (Å²) in [4.78, 5) is 8.12. The first-order valence-electron chi connectivity index (χ1n) is 6.00. The van der Waals surface area contributed by atoms with E-state index < -0.39 is 10.0 Å². The molecule has 0 radical (unpaired) electrons. The summed E-state index contributed by atoms with van der Waals surface area (Å²) in [6, 6.07) is 7.05. The minimum absolute atomic E-state index is 0.0484. The number of benzene rings is 1. The van der Waals surface area contributed by atoms with Crippen LogP contribution in [0, 0.1) is 6.92 Å². The van der Waals surface area contributed by atoms with E-state index >= 15 is 0 Å². The summed E-state index contributed by atoms with van der Waals surface area (Å²) in [6.07, 6.45) is 3.03. The fraction of sp³-hybridized carbons (Fsp3) is 0.0769. The maximum atomic E-state index is 11.7. The van der Waals surface area contributed by atoms with Crippen molar-refractivity contribution in [3.05, 3.63) is 47.5 Å². The largest absolute Gasteiger partial charge is 0.299 e. The zero-order chi connectivity index (χ0) is 15.2. The Labute approximate surface area is 126 Å². The molecule has 0 aliphatic carbocycles.